The monoisotopic (exact) mass is 345 g/mol. The molecule has 2 N–H and O–H groups in total. The Kier molecular flexibility index (Phi) is 7.14. The summed E-state index contributed by atoms with van der Waals surface area (Å²) in [6, 6.07) is 6.93. The molecule has 9 heteroatoms. The van der Waals surface area contributed by atoms with Crippen LogP contribution in [0.1, 0.15) is 18.6 Å². The predicted octanol–water partition coefficient (Wildman–Crippen LogP) is 0.310. The molecule has 0 spiro atoms. The van der Waals surface area contributed by atoms with Gasteiger partial charge in [-0.1, -0.05) is 30.3 Å². The smallest absolute Gasteiger partial charge is 0.329 e. The molecule has 128 valence electrons. The van der Waals surface area contributed by atoms with Gasteiger partial charge in [-0.05, 0) is 12.5 Å². The predicted molar refractivity (Wildman–Crippen MR) is 81.2 cm³/mol. The summed E-state index contributed by atoms with van der Waals surface area (Å²) >= 11 is 0. The summed E-state index contributed by atoms with van der Waals surface area (Å²) in [6.07, 6.45) is -1.03. The van der Waals surface area contributed by atoms with E-state index in [4.69, 9.17) is 14.0 Å². The van der Waals surface area contributed by atoms with Crippen molar-refractivity contribution >= 4 is 22.0 Å². The Bertz CT molecular complexity index is 630. The van der Waals surface area contributed by atoms with E-state index in [1.54, 1.807) is 30.3 Å². The Morgan fingerprint density at radius 1 is 1.26 bits per heavy atom. The summed E-state index contributed by atoms with van der Waals surface area (Å²) < 4.78 is 40.7. The number of ether oxygens (including phenoxy) is 2. The fourth-order valence-corrected chi connectivity index (χ4v) is 2.53. The second kappa shape index (κ2) is 8.61. The zero-order chi connectivity index (χ0) is 17.5. The lowest BCUT2D eigenvalue weighted by atomic mass is 10.1. The van der Waals surface area contributed by atoms with Crippen LogP contribution in [-0.2, 0) is 29.2 Å². The number of carbonyl (C=O) groups excluding carboxylic acids is 2. The molecule has 0 bridgehead atoms. The molecule has 0 aromatic heterocycles. The van der Waals surface area contributed by atoms with Crippen molar-refractivity contribution in [3.8, 4) is 0 Å². The van der Waals surface area contributed by atoms with Crippen LogP contribution in [0.5, 0.6) is 0 Å². The van der Waals surface area contributed by atoms with Gasteiger partial charge in [0, 0.05) is 7.11 Å². The van der Waals surface area contributed by atoms with Crippen molar-refractivity contribution in [3.63, 3.8) is 0 Å². The van der Waals surface area contributed by atoms with Crippen LogP contribution in [0.15, 0.2) is 30.3 Å². The van der Waals surface area contributed by atoms with E-state index >= 15 is 0 Å². The Balaban J connectivity index is 2.92. The van der Waals surface area contributed by atoms with E-state index in [2.05, 4.69) is 5.32 Å². The van der Waals surface area contributed by atoms with E-state index in [9.17, 15) is 18.0 Å². The molecule has 23 heavy (non-hydrogen) atoms. The summed E-state index contributed by atoms with van der Waals surface area (Å²) in [5.74, 6) is -2.66. The number of hydrogen-bond acceptors (Lipinski definition) is 6. The zero-order valence-corrected chi connectivity index (χ0v) is 13.6. The van der Waals surface area contributed by atoms with Gasteiger partial charge in [-0.25, -0.2) is 4.79 Å². The largest absolute Gasteiger partial charge is 0.464 e. The quantitative estimate of drug-likeness (QED) is 0.514. The maximum Gasteiger partial charge on any atom is 0.329 e. The van der Waals surface area contributed by atoms with Crippen molar-refractivity contribution in [1.82, 2.24) is 5.32 Å². The van der Waals surface area contributed by atoms with Crippen molar-refractivity contribution in [3.05, 3.63) is 35.9 Å². The molecular formula is C14H19NO7S. The number of nitrogens with one attached hydrogen (secondary N) is 1. The lowest BCUT2D eigenvalue weighted by Gasteiger charge is -2.20. The number of methoxy groups -OCH3 is 1. The molecule has 0 aliphatic heterocycles. The number of esters is 1. The average Bonchev–Trinajstić information content (AvgIpc) is 2.47. The molecule has 0 aliphatic rings. The van der Waals surface area contributed by atoms with Crippen LogP contribution in [0, 0.1) is 0 Å². The number of rotatable bonds is 8. The first-order valence-electron chi connectivity index (χ1n) is 6.78. The van der Waals surface area contributed by atoms with Crippen LogP contribution in [0.25, 0.3) is 0 Å². The first kappa shape index (κ1) is 19.1. The van der Waals surface area contributed by atoms with Crippen LogP contribution in [0.2, 0.25) is 0 Å². The van der Waals surface area contributed by atoms with E-state index in [0.717, 1.165) is 0 Å². The minimum absolute atomic E-state index is 0.00305. The Morgan fingerprint density at radius 2 is 1.87 bits per heavy atom. The summed E-state index contributed by atoms with van der Waals surface area (Å²) in [5.41, 5.74) is 0.530. The van der Waals surface area contributed by atoms with Crippen molar-refractivity contribution in [1.29, 1.82) is 0 Å². The van der Waals surface area contributed by atoms with E-state index in [0.29, 0.717) is 5.56 Å². The van der Waals surface area contributed by atoms with Gasteiger partial charge in [0.1, 0.15) is 11.8 Å². The molecule has 1 aromatic carbocycles. The maximum absolute atomic E-state index is 12.3. The normalized spacial score (nSPS) is 13.9. The van der Waals surface area contributed by atoms with Crippen LogP contribution in [-0.4, -0.2) is 50.4 Å². The molecule has 8 nitrogen and oxygen atoms in total. The number of carbonyl (C=O) groups is 2. The first-order chi connectivity index (χ1) is 10.8. The maximum atomic E-state index is 12.3. The third-order valence-corrected chi connectivity index (χ3v) is 3.60. The van der Waals surface area contributed by atoms with Gasteiger partial charge in [0.05, 0.1) is 6.61 Å². The summed E-state index contributed by atoms with van der Waals surface area (Å²) in [5, 5.41) is 2.23. The fourth-order valence-electron chi connectivity index (χ4n) is 1.89. The SMILES string of the molecule is CCOC(=O)C(CS(=O)(=O)O)NC(=O)C(OC)c1ccccc1. The Hall–Kier alpha value is -1.97. The number of benzene rings is 1. The van der Waals surface area contributed by atoms with Crippen molar-refractivity contribution in [2.24, 2.45) is 0 Å². The Labute approximate surface area is 134 Å². The molecular weight excluding hydrogens is 326 g/mol. The summed E-state index contributed by atoms with van der Waals surface area (Å²) in [7, 11) is -3.18. The molecule has 0 fully saturated rings. The lowest BCUT2D eigenvalue weighted by molar-refractivity contribution is -0.148. The van der Waals surface area contributed by atoms with Gasteiger partial charge in [0.25, 0.3) is 16.0 Å². The molecule has 1 aromatic rings. The van der Waals surface area contributed by atoms with Crippen LogP contribution in [0.3, 0.4) is 0 Å². The van der Waals surface area contributed by atoms with Gasteiger partial charge in [0.15, 0.2) is 6.10 Å². The van der Waals surface area contributed by atoms with Gasteiger partial charge in [-0.15, -0.1) is 0 Å². The van der Waals surface area contributed by atoms with Gasteiger partial charge in [0.2, 0.25) is 0 Å². The highest BCUT2D eigenvalue weighted by Gasteiger charge is 2.30. The third-order valence-electron chi connectivity index (χ3n) is 2.84. The summed E-state index contributed by atoms with van der Waals surface area (Å²) in [6.45, 7) is 1.54. The highest BCUT2D eigenvalue weighted by Crippen LogP contribution is 2.16. The van der Waals surface area contributed by atoms with E-state index in [1.807, 2.05) is 0 Å². The highest BCUT2D eigenvalue weighted by atomic mass is 32.2. The van der Waals surface area contributed by atoms with Crippen LogP contribution >= 0.6 is 0 Å². The fraction of sp³-hybridized carbons (Fsp3) is 0.429. The first-order valence-corrected chi connectivity index (χ1v) is 8.39. The summed E-state index contributed by atoms with van der Waals surface area (Å²) in [4.78, 5) is 24.0. The van der Waals surface area contributed by atoms with Gasteiger partial charge in [-0.3, -0.25) is 9.35 Å². The van der Waals surface area contributed by atoms with Gasteiger partial charge < -0.3 is 14.8 Å². The van der Waals surface area contributed by atoms with Crippen molar-refractivity contribution in [2.75, 3.05) is 19.5 Å². The molecule has 0 aliphatic carbocycles. The molecule has 0 heterocycles. The molecule has 1 rings (SSSR count). The second-order valence-corrected chi connectivity index (χ2v) is 6.09. The van der Waals surface area contributed by atoms with Gasteiger partial charge >= 0.3 is 5.97 Å². The molecule has 0 radical (unpaired) electrons. The minimum Gasteiger partial charge on any atom is -0.464 e. The van der Waals surface area contributed by atoms with Crippen molar-refractivity contribution in [2.45, 2.75) is 19.1 Å². The topological polar surface area (TPSA) is 119 Å². The highest BCUT2D eigenvalue weighted by molar-refractivity contribution is 7.85. The standard InChI is InChI=1S/C14H19NO7S/c1-3-22-14(17)11(9-23(18,19)20)15-13(16)12(21-2)10-7-5-4-6-8-10/h4-8,11-12H,3,9H2,1-2H3,(H,15,16)(H,18,19,20). The van der Waals surface area contributed by atoms with Crippen LogP contribution in [0.4, 0.5) is 0 Å². The molecule has 2 atom stereocenters. The molecule has 2 unspecified atom stereocenters. The number of amides is 1. The molecule has 1 amide bonds. The van der Waals surface area contributed by atoms with Crippen LogP contribution < -0.4 is 5.32 Å². The van der Waals surface area contributed by atoms with Gasteiger partial charge in [-0.2, -0.15) is 8.42 Å². The second-order valence-electron chi connectivity index (χ2n) is 4.59. The van der Waals surface area contributed by atoms with E-state index in [1.165, 1.54) is 14.0 Å². The van der Waals surface area contributed by atoms with E-state index in [-0.39, 0.29) is 6.61 Å². The molecule has 0 saturated carbocycles. The Morgan fingerprint density at radius 3 is 2.35 bits per heavy atom. The molecule has 0 saturated heterocycles. The average molecular weight is 345 g/mol. The number of hydrogen-bond donors (Lipinski definition) is 2. The lowest BCUT2D eigenvalue weighted by Crippen LogP contribution is -2.48. The van der Waals surface area contributed by atoms with Crippen molar-refractivity contribution < 1.29 is 32.0 Å². The zero-order valence-electron chi connectivity index (χ0n) is 12.8. The van der Waals surface area contributed by atoms with E-state index < -0.39 is 39.9 Å². The minimum atomic E-state index is -4.49. The third kappa shape index (κ3) is 6.35.